The molecule has 7 heteroatoms. The minimum absolute atomic E-state index is 0.115. The fourth-order valence-electron chi connectivity index (χ4n) is 3.02. The molecule has 1 heterocycles. The van der Waals surface area contributed by atoms with E-state index < -0.39 is 23.9 Å². The molecule has 27 heavy (non-hydrogen) atoms. The Labute approximate surface area is 161 Å². The fraction of sp³-hybridized carbons (Fsp3) is 0.250. The van der Waals surface area contributed by atoms with Gasteiger partial charge in [-0.2, -0.15) is 0 Å². The Bertz CT molecular complexity index is 897. The molecule has 0 bridgehead atoms. The van der Waals surface area contributed by atoms with Crippen molar-refractivity contribution in [3.8, 4) is 0 Å². The quantitative estimate of drug-likeness (QED) is 0.769. The Balaban J connectivity index is 1.82. The number of ether oxygens (including phenoxy) is 1. The van der Waals surface area contributed by atoms with Crippen molar-refractivity contribution >= 4 is 29.4 Å². The smallest absolute Gasteiger partial charge is 0.338 e. The zero-order chi connectivity index (χ0) is 19.6. The summed E-state index contributed by atoms with van der Waals surface area (Å²) in [6, 6.07) is 10.7. The summed E-state index contributed by atoms with van der Waals surface area (Å²) >= 11 is 6.25. The van der Waals surface area contributed by atoms with E-state index in [0.29, 0.717) is 12.0 Å². The molecule has 1 aliphatic rings. The highest BCUT2D eigenvalue weighted by atomic mass is 35.5. The maximum Gasteiger partial charge on any atom is 0.338 e. The SMILES string of the molecule is C[C@@H]1Cc2c(Cl)cc(C(=O)N[C@@H](Cc3ccccc3)C(=O)O)cc2C(=O)O1. The lowest BCUT2D eigenvalue weighted by atomic mass is 9.96. The molecule has 1 aliphatic heterocycles. The number of carbonyl (C=O) groups is 3. The van der Waals surface area contributed by atoms with E-state index in [9.17, 15) is 19.5 Å². The summed E-state index contributed by atoms with van der Waals surface area (Å²) in [5.74, 6) is -2.31. The van der Waals surface area contributed by atoms with Crippen LogP contribution in [0, 0.1) is 0 Å². The number of cyclic esters (lactones) is 1. The number of carbonyl (C=O) groups excluding carboxylic acids is 2. The second-order valence-corrected chi connectivity index (χ2v) is 6.87. The molecule has 0 aliphatic carbocycles. The van der Waals surface area contributed by atoms with Gasteiger partial charge in [0.05, 0.1) is 5.56 Å². The minimum atomic E-state index is -1.15. The third-order valence-electron chi connectivity index (χ3n) is 4.36. The van der Waals surface area contributed by atoms with Crippen LogP contribution < -0.4 is 5.32 Å². The van der Waals surface area contributed by atoms with E-state index in [-0.39, 0.29) is 28.7 Å². The van der Waals surface area contributed by atoms with E-state index in [4.69, 9.17) is 16.3 Å². The van der Waals surface area contributed by atoms with Gasteiger partial charge in [0.25, 0.3) is 5.91 Å². The van der Waals surface area contributed by atoms with Crippen molar-refractivity contribution in [2.75, 3.05) is 0 Å². The highest BCUT2D eigenvalue weighted by Gasteiger charge is 2.28. The predicted molar refractivity (Wildman–Crippen MR) is 99.1 cm³/mol. The van der Waals surface area contributed by atoms with Gasteiger partial charge in [-0.25, -0.2) is 9.59 Å². The monoisotopic (exact) mass is 387 g/mol. The summed E-state index contributed by atoms with van der Waals surface area (Å²) in [4.78, 5) is 36.2. The molecule has 2 aromatic rings. The number of carboxylic acid groups (broad SMARTS) is 1. The maximum absolute atomic E-state index is 12.6. The zero-order valence-electron chi connectivity index (χ0n) is 14.6. The summed E-state index contributed by atoms with van der Waals surface area (Å²) < 4.78 is 5.18. The number of fused-ring (bicyclic) bond motifs is 1. The Kier molecular flexibility index (Phi) is 5.46. The molecule has 0 aromatic heterocycles. The van der Waals surface area contributed by atoms with Gasteiger partial charge in [-0.1, -0.05) is 41.9 Å². The molecule has 1 amide bonds. The molecule has 0 spiro atoms. The van der Waals surface area contributed by atoms with Gasteiger partial charge >= 0.3 is 11.9 Å². The van der Waals surface area contributed by atoms with E-state index in [1.54, 1.807) is 31.2 Å². The van der Waals surface area contributed by atoms with E-state index in [2.05, 4.69) is 5.32 Å². The van der Waals surface area contributed by atoms with Crippen LogP contribution in [-0.2, 0) is 22.4 Å². The lowest BCUT2D eigenvalue weighted by molar-refractivity contribution is -0.139. The Morgan fingerprint density at radius 3 is 2.67 bits per heavy atom. The number of hydrogen-bond donors (Lipinski definition) is 2. The van der Waals surface area contributed by atoms with Crippen molar-refractivity contribution < 1.29 is 24.2 Å². The van der Waals surface area contributed by atoms with Gasteiger partial charge in [0, 0.05) is 23.4 Å². The normalized spacial score (nSPS) is 16.8. The molecule has 140 valence electrons. The maximum atomic E-state index is 12.6. The molecule has 0 saturated carbocycles. The van der Waals surface area contributed by atoms with Gasteiger partial charge < -0.3 is 15.2 Å². The van der Waals surface area contributed by atoms with Crippen LogP contribution in [0.1, 0.15) is 38.8 Å². The van der Waals surface area contributed by atoms with Crippen molar-refractivity contribution in [3.05, 3.63) is 69.7 Å². The van der Waals surface area contributed by atoms with Crippen LogP contribution >= 0.6 is 11.6 Å². The number of rotatable bonds is 5. The summed E-state index contributed by atoms with van der Waals surface area (Å²) in [6.45, 7) is 1.76. The molecular weight excluding hydrogens is 370 g/mol. The first kappa shape index (κ1) is 18.9. The van der Waals surface area contributed by atoms with Gasteiger partial charge in [0.1, 0.15) is 12.1 Å². The molecule has 2 aromatic carbocycles. The molecule has 0 radical (unpaired) electrons. The summed E-state index contributed by atoms with van der Waals surface area (Å²) in [5, 5.41) is 12.2. The van der Waals surface area contributed by atoms with Gasteiger partial charge in [0.2, 0.25) is 0 Å². The van der Waals surface area contributed by atoms with Crippen molar-refractivity contribution in [1.82, 2.24) is 5.32 Å². The van der Waals surface area contributed by atoms with Crippen LogP contribution in [0.15, 0.2) is 42.5 Å². The number of halogens is 1. The van der Waals surface area contributed by atoms with Crippen LogP contribution in [0.3, 0.4) is 0 Å². The summed E-state index contributed by atoms with van der Waals surface area (Å²) in [5.41, 5.74) is 1.77. The Hall–Kier alpha value is -2.86. The van der Waals surface area contributed by atoms with Crippen molar-refractivity contribution in [3.63, 3.8) is 0 Å². The lowest BCUT2D eigenvalue weighted by Crippen LogP contribution is -2.42. The number of benzene rings is 2. The minimum Gasteiger partial charge on any atom is -0.480 e. The number of aliphatic carboxylic acids is 1. The van der Waals surface area contributed by atoms with Crippen LogP contribution in [0.5, 0.6) is 0 Å². The first-order chi connectivity index (χ1) is 12.8. The topological polar surface area (TPSA) is 92.7 Å². The highest BCUT2D eigenvalue weighted by molar-refractivity contribution is 6.32. The summed E-state index contributed by atoms with van der Waals surface area (Å²) in [7, 11) is 0. The lowest BCUT2D eigenvalue weighted by Gasteiger charge is -2.23. The predicted octanol–water partition coefficient (Wildman–Crippen LogP) is 2.87. The molecule has 0 unspecified atom stereocenters. The third kappa shape index (κ3) is 4.28. The Morgan fingerprint density at radius 2 is 2.00 bits per heavy atom. The van der Waals surface area contributed by atoms with Crippen LogP contribution in [0.2, 0.25) is 5.02 Å². The fourth-order valence-corrected chi connectivity index (χ4v) is 3.32. The van der Waals surface area contributed by atoms with Gasteiger partial charge in [-0.15, -0.1) is 0 Å². The van der Waals surface area contributed by atoms with E-state index >= 15 is 0 Å². The molecular formula is C20H18ClNO5. The highest BCUT2D eigenvalue weighted by Crippen LogP contribution is 2.29. The molecule has 2 atom stereocenters. The van der Waals surface area contributed by atoms with Gasteiger partial charge in [0.15, 0.2) is 0 Å². The van der Waals surface area contributed by atoms with E-state index in [1.807, 2.05) is 6.07 Å². The molecule has 3 rings (SSSR count). The first-order valence-electron chi connectivity index (χ1n) is 8.46. The van der Waals surface area contributed by atoms with Crippen LogP contribution in [0.4, 0.5) is 0 Å². The Morgan fingerprint density at radius 1 is 1.30 bits per heavy atom. The largest absolute Gasteiger partial charge is 0.480 e. The third-order valence-corrected chi connectivity index (χ3v) is 4.70. The number of hydrogen-bond acceptors (Lipinski definition) is 4. The standard InChI is InChI=1S/C20H18ClNO5/c1-11-7-14-15(20(26)27-11)9-13(10-16(14)21)18(23)22-17(19(24)25)8-12-5-3-2-4-6-12/h2-6,9-11,17H,7-8H2,1H3,(H,22,23)(H,24,25)/t11-,17+/m1/s1. The number of amides is 1. The molecule has 0 saturated heterocycles. The van der Waals surface area contributed by atoms with Gasteiger partial charge in [-0.05, 0) is 30.2 Å². The van der Waals surface area contributed by atoms with E-state index in [0.717, 1.165) is 5.56 Å². The molecule has 6 nitrogen and oxygen atoms in total. The van der Waals surface area contributed by atoms with Crippen LogP contribution in [0.25, 0.3) is 0 Å². The molecule has 2 N–H and O–H groups in total. The molecule has 0 fully saturated rings. The number of esters is 1. The number of carboxylic acids is 1. The second kappa shape index (κ2) is 7.80. The second-order valence-electron chi connectivity index (χ2n) is 6.46. The average molecular weight is 388 g/mol. The van der Waals surface area contributed by atoms with E-state index in [1.165, 1.54) is 12.1 Å². The zero-order valence-corrected chi connectivity index (χ0v) is 15.3. The van der Waals surface area contributed by atoms with Crippen LogP contribution in [-0.4, -0.2) is 35.1 Å². The summed E-state index contributed by atoms with van der Waals surface area (Å²) in [6.07, 6.45) is 0.317. The number of nitrogens with one attached hydrogen (secondary N) is 1. The first-order valence-corrected chi connectivity index (χ1v) is 8.84. The van der Waals surface area contributed by atoms with Crippen molar-refractivity contribution in [2.45, 2.75) is 31.9 Å². The average Bonchev–Trinajstić information content (AvgIpc) is 2.62. The van der Waals surface area contributed by atoms with Crippen molar-refractivity contribution in [2.24, 2.45) is 0 Å². The van der Waals surface area contributed by atoms with Crippen molar-refractivity contribution in [1.29, 1.82) is 0 Å². The van der Waals surface area contributed by atoms with Gasteiger partial charge in [-0.3, -0.25) is 4.79 Å².